The number of anilines is 1. The molecular formula is C15H18FN3O. The summed E-state index contributed by atoms with van der Waals surface area (Å²) in [5, 5.41) is 0. The summed E-state index contributed by atoms with van der Waals surface area (Å²) in [6, 6.07) is 5.80. The number of rotatable bonds is 2. The molecule has 1 aromatic carbocycles. The first-order chi connectivity index (χ1) is 9.27. The van der Waals surface area contributed by atoms with Crippen molar-refractivity contribution in [2.75, 3.05) is 5.73 Å². The fraction of sp³-hybridized carbons (Fsp3) is 0.333. The predicted molar refractivity (Wildman–Crippen MR) is 76.4 cm³/mol. The van der Waals surface area contributed by atoms with Crippen LogP contribution in [0.2, 0.25) is 0 Å². The third-order valence-corrected chi connectivity index (χ3v) is 2.98. The van der Waals surface area contributed by atoms with Gasteiger partial charge in [-0.25, -0.2) is 4.98 Å². The number of benzene rings is 1. The minimum atomic E-state index is -0.640. The summed E-state index contributed by atoms with van der Waals surface area (Å²) in [4.78, 5) is 7.31. The van der Waals surface area contributed by atoms with Crippen molar-refractivity contribution in [2.45, 2.75) is 33.1 Å². The summed E-state index contributed by atoms with van der Waals surface area (Å²) < 4.78 is 19.0. The molecule has 0 aliphatic carbocycles. The normalized spacial score (nSPS) is 11.4. The molecule has 0 atom stereocenters. The third kappa shape index (κ3) is 3.04. The standard InChI is InChI=1S/C15H18FN3O/c1-9-7-10(15(2,3)4)5-6-12(9)20-13-11(16)8-18-14(17)19-13/h5-8H,1-4H3,(H2,17,18,19). The molecule has 2 N–H and O–H groups in total. The van der Waals surface area contributed by atoms with Gasteiger partial charge in [0.05, 0.1) is 6.20 Å². The average Bonchev–Trinajstić information content (AvgIpc) is 2.35. The molecule has 20 heavy (non-hydrogen) atoms. The van der Waals surface area contributed by atoms with E-state index in [1.807, 2.05) is 25.1 Å². The molecule has 0 fully saturated rings. The van der Waals surface area contributed by atoms with Gasteiger partial charge in [-0.15, -0.1) is 0 Å². The number of hydrogen-bond donors (Lipinski definition) is 1. The van der Waals surface area contributed by atoms with Crippen molar-refractivity contribution in [3.05, 3.63) is 41.3 Å². The van der Waals surface area contributed by atoms with Gasteiger partial charge in [0.15, 0.2) is 0 Å². The van der Waals surface area contributed by atoms with Crippen molar-refractivity contribution >= 4 is 5.95 Å². The van der Waals surface area contributed by atoms with Gasteiger partial charge in [-0.2, -0.15) is 9.37 Å². The van der Waals surface area contributed by atoms with Gasteiger partial charge in [0.1, 0.15) is 5.75 Å². The first-order valence-corrected chi connectivity index (χ1v) is 6.34. The van der Waals surface area contributed by atoms with E-state index in [1.54, 1.807) is 0 Å². The van der Waals surface area contributed by atoms with Crippen molar-refractivity contribution < 1.29 is 9.13 Å². The molecule has 0 saturated carbocycles. The Hall–Kier alpha value is -2.17. The quantitative estimate of drug-likeness (QED) is 0.909. The second kappa shape index (κ2) is 5.07. The number of hydrogen-bond acceptors (Lipinski definition) is 4. The molecule has 4 nitrogen and oxygen atoms in total. The van der Waals surface area contributed by atoms with Gasteiger partial charge >= 0.3 is 0 Å². The van der Waals surface area contributed by atoms with E-state index in [-0.39, 0.29) is 17.2 Å². The second-order valence-corrected chi connectivity index (χ2v) is 5.71. The van der Waals surface area contributed by atoms with Gasteiger partial charge in [-0.3, -0.25) is 0 Å². The smallest absolute Gasteiger partial charge is 0.260 e. The first-order valence-electron chi connectivity index (χ1n) is 6.34. The highest BCUT2D eigenvalue weighted by Crippen LogP contribution is 2.30. The highest BCUT2D eigenvalue weighted by atomic mass is 19.1. The summed E-state index contributed by atoms with van der Waals surface area (Å²) in [7, 11) is 0. The number of aromatic nitrogens is 2. The van der Waals surface area contributed by atoms with Crippen molar-refractivity contribution in [3.63, 3.8) is 0 Å². The van der Waals surface area contributed by atoms with Crippen LogP contribution in [0, 0.1) is 12.7 Å². The number of nitrogen functional groups attached to an aromatic ring is 1. The minimum absolute atomic E-state index is 0.0228. The van der Waals surface area contributed by atoms with Crippen molar-refractivity contribution in [1.29, 1.82) is 0 Å². The molecule has 0 bridgehead atoms. The molecule has 0 saturated heterocycles. The zero-order chi connectivity index (χ0) is 14.9. The van der Waals surface area contributed by atoms with E-state index in [1.165, 1.54) is 5.56 Å². The summed E-state index contributed by atoms with van der Waals surface area (Å²) in [5.41, 5.74) is 7.58. The van der Waals surface area contributed by atoms with Crippen LogP contribution in [0.1, 0.15) is 31.9 Å². The summed E-state index contributed by atoms with van der Waals surface area (Å²) in [5.74, 6) is -0.275. The molecule has 2 aromatic rings. The largest absolute Gasteiger partial charge is 0.436 e. The molecule has 5 heteroatoms. The Bertz CT molecular complexity index is 636. The van der Waals surface area contributed by atoms with Crippen LogP contribution in [0.25, 0.3) is 0 Å². The van der Waals surface area contributed by atoms with Crippen LogP contribution in [0.4, 0.5) is 10.3 Å². The lowest BCUT2D eigenvalue weighted by Crippen LogP contribution is -2.11. The van der Waals surface area contributed by atoms with Crippen LogP contribution in [0.3, 0.4) is 0 Å². The molecule has 0 aliphatic rings. The molecule has 106 valence electrons. The van der Waals surface area contributed by atoms with Crippen LogP contribution >= 0.6 is 0 Å². The van der Waals surface area contributed by atoms with Gasteiger partial charge in [-0.1, -0.05) is 32.9 Å². The maximum atomic E-state index is 13.5. The molecule has 0 aliphatic heterocycles. The monoisotopic (exact) mass is 275 g/mol. The van der Waals surface area contributed by atoms with Crippen LogP contribution < -0.4 is 10.5 Å². The number of halogens is 1. The molecule has 0 radical (unpaired) electrons. The van der Waals surface area contributed by atoms with Gasteiger partial charge < -0.3 is 10.5 Å². The van der Waals surface area contributed by atoms with Gasteiger partial charge in [-0.05, 0) is 29.5 Å². The minimum Gasteiger partial charge on any atom is -0.436 e. The summed E-state index contributed by atoms with van der Waals surface area (Å²) in [6.07, 6.45) is 0.997. The Morgan fingerprint density at radius 2 is 1.95 bits per heavy atom. The number of nitrogens with two attached hydrogens (primary N) is 1. The fourth-order valence-electron chi connectivity index (χ4n) is 1.77. The maximum absolute atomic E-state index is 13.5. The lowest BCUT2D eigenvalue weighted by Gasteiger charge is -2.20. The highest BCUT2D eigenvalue weighted by Gasteiger charge is 2.16. The second-order valence-electron chi connectivity index (χ2n) is 5.71. The fourth-order valence-corrected chi connectivity index (χ4v) is 1.77. The number of ether oxygens (including phenoxy) is 1. The highest BCUT2D eigenvalue weighted by molar-refractivity contribution is 5.41. The van der Waals surface area contributed by atoms with Crippen LogP contribution in [-0.4, -0.2) is 9.97 Å². The molecule has 2 rings (SSSR count). The van der Waals surface area contributed by atoms with Crippen LogP contribution in [-0.2, 0) is 5.41 Å². The van der Waals surface area contributed by atoms with Crippen molar-refractivity contribution in [2.24, 2.45) is 0 Å². The molecule has 0 unspecified atom stereocenters. The van der Waals surface area contributed by atoms with E-state index in [4.69, 9.17) is 10.5 Å². The van der Waals surface area contributed by atoms with Gasteiger partial charge in [0, 0.05) is 0 Å². The Morgan fingerprint density at radius 1 is 1.25 bits per heavy atom. The first kappa shape index (κ1) is 14.2. The number of nitrogens with zero attached hydrogens (tertiary/aromatic N) is 2. The van der Waals surface area contributed by atoms with E-state index in [9.17, 15) is 4.39 Å². The average molecular weight is 275 g/mol. The zero-order valence-electron chi connectivity index (χ0n) is 12.1. The Labute approximate surface area is 117 Å². The third-order valence-electron chi connectivity index (χ3n) is 2.98. The van der Waals surface area contributed by atoms with Crippen LogP contribution in [0.15, 0.2) is 24.4 Å². The summed E-state index contributed by atoms with van der Waals surface area (Å²) in [6.45, 7) is 8.31. The van der Waals surface area contributed by atoms with Crippen LogP contribution in [0.5, 0.6) is 11.6 Å². The Balaban J connectivity index is 2.33. The lowest BCUT2D eigenvalue weighted by molar-refractivity contribution is 0.418. The topological polar surface area (TPSA) is 61.0 Å². The Kier molecular flexibility index (Phi) is 3.61. The van der Waals surface area contributed by atoms with Crippen molar-refractivity contribution in [3.8, 4) is 11.6 Å². The van der Waals surface area contributed by atoms with Gasteiger partial charge in [0.2, 0.25) is 11.8 Å². The molecule has 0 spiro atoms. The van der Waals surface area contributed by atoms with E-state index < -0.39 is 5.82 Å². The number of aryl methyl sites for hydroxylation is 1. The molecular weight excluding hydrogens is 257 g/mol. The van der Waals surface area contributed by atoms with Gasteiger partial charge in [0.25, 0.3) is 5.88 Å². The predicted octanol–water partition coefficient (Wildman–Crippen LogP) is 3.60. The molecule has 0 amide bonds. The van der Waals surface area contributed by atoms with E-state index >= 15 is 0 Å². The van der Waals surface area contributed by atoms with E-state index in [0.29, 0.717) is 5.75 Å². The zero-order valence-corrected chi connectivity index (χ0v) is 12.1. The van der Waals surface area contributed by atoms with E-state index in [2.05, 4.69) is 30.7 Å². The molecule has 1 heterocycles. The summed E-state index contributed by atoms with van der Waals surface area (Å²) >= 11 is 0. The Morgan fingerprint density at radius 3 is 2.55 bits per heavy atom. The van der Waals surface area contributed by atoms with Crippen molar-refractivity contribution in [1.82, 2.24) is 9.97 Å². The van der Waals surface area contributed by atoms with E-state index in [0.717, 1.165) is 11.8 Å². The lowest BCUT2D eigenvalue weighted by atomic mass is 9.86. The SMILES string of the molecule is Cc1cc(C(C)(C)C)ccc1Oc1nc(N)ncc1F. The maximum Gasteiger partial charge on any atom is 0.260 e. The molecule has 1 aromatic heterocycles.